The molecular weight excluding hydrogens is 150 g/mol. The Kier molecular flexibility index (Phi) is 1.23. The van der Waals surface area contributed by atoms with Crippen molar-refractivity contribution >= 4 is 5.91 Å². The lowest BCUT2D eigenvalue weighted by atomic mass is 9.76. The van der Waals surface area contributed by atoms with Crippen molar-refractivity contribution in [3.05, 3.63) is 12.3 Å². The smallest absolute Gasteiger partial charge is 0.227 e. The van der Waals surface area contributed by atoms with E-state index in [0.717, 1.165) is 0 Å². The van der Waals surface area contributed by atoms with E-state index in [4.69, 9.17) is 5.52 Å². The first-order valence-corrected chi connectivity index (χ1v) is 3.95. The summed E-state index contributed by atoms with van der Waals surface area (Å²) < 4.78 is 30.8. The zero-order valence-corrected chi connectivity index (χ0v) is 7.72. The van der Waals surface area contributed by atoms with Crippen molar-refractivity contribution in [3.8, 4) is 0 Å². The van der Waals surface area contributed by atoms with Gasteiger partial charge in [0, 0.05) is 15.7 Å². The van der Waals surface area contributed by atoms with E-state index < -0.39 is 30.0 Å². The van der Waals surface area contributed by atoms with Gasteiger partial charge in [0.2, 0.25) is 5.91 Å². The number of piperidine rings is 1. The van der Waals surface area contributed by atoms with Gasteiger partial charge >= 0.3 is 0 Å². The van der Waals surface area contributed by atoms with Crippen molar-refractivity contribution < 1.29 is 10.3 Å². The maximum atomic E-state index is 11.9. The Balaban J connectivity index is 3.22. The predicted octanol–water partition coefficient (Wildman–Crippen LogP) is 2.07. The van der Waals surface area contributed by atoms with E-state index >= 15 is 0 Å². The number of hydrogen-bond acceptors (Lipinski definition) is 1. The highest BCUT2D eigenvalue weighted by Gasteiger charge is 2.33. The Bertz CT molecular complexity index is 334. The van der Waals surface area contributed by atoms with Crippen molar-refractivity contribution in [2.24, 2.45) is 11.3 Å². The largest absolute Gasteiger partial charge is 0.330 e. The lowest BCUT2D eigenvalue weighted by molar-refractivity contribution is -0.129. The van der Waals surface area contributed by atoms with Gasteiger partial charge in [0.15, 0.2) is 1.41 Å². The molecule has 1 aliphatic heterocycles. The lowest BCUT2D eigenvalue weighted by Crippen LogP contribution is -2.41. The third kappa shape index (κ3) is 1.87. The fourth-order valence-electron chi connectivity index (χ4n) is 1.11. The zero-order chi connectivity index (χ0) is 12.9. The molecule has 12 heavy (non-hydrogen) atoms. The van der Waals surface area contributed by atoms with Gasteiger partial charge in [-0.3, -0.25) is 4.79 Å². The summed E-state index contributed by atoms with van der Waals surface area (Å²) in [4.78, 5) is 11.9. The molecule has 0 bridgehead atoms. The first kappa shape index (κ1) is 5.05. The van der Waals surface area contributed by atoms with Crippen LogP contribution in [0, 0.1) is 11.3 Å². The number of carbonyl (C=O) groups is 1. The summed E-state index contributed by atoms with van der Waals surface area (Å²) in [5.74, 6) is -1.38. The second-order valence-corrected chi connectivity index (χ2v) is 4.05. The third-order valence-electron chi connectivity index (χ3n) is 1.86. The SMILES string of the molecule is [2H]C1C(C(C)(C)C)C(=O)N([2H])C(=C)C1([2H])[2H]. The average molecular weight is 171 g/mol. The van der Waals surface area contributed by atoms with E-state index in [-0.39, 0.29) is 5.70 Å². The standard InChI is InChI=1S/C10H17NO/c1-7-5-6-8(9(12)11-7)10(2,3)4/h8H,1,5-6H2,2-4H3,(H,11,12)/i5D2,6D/hD. The van der Waals surface area contributed by atoms with Gasteiger partial charge in [-0.25, -0.2) is 0 Å². The minimum atomic E-state index is -2.03. The molecule has 68 valence electrons. The molecular formula is C10H17NO. The Morgan fingerprint density at radius 3 is 2.83 bits per heavy atom. The highest BCUT2D eigenvalue weighted by atomic mass is 16.2. The van der Waals surface area contributed by atoms with E-state index in [0.29, 0.717) is 5.31 Å². The molecule has 1 amide bonds. The Labute approximate surface area is 79.7 Å². The summed E-state index contributed by atoms with van der Waals surface area (Å²) in [7, 11) is 0. The Morgan fingerprint density at radius 2 is 2.33 bits per heavy atom. The summed E-state index contributed by atoms with van der Waals surface area (Å²) in [5.41, 5.74) is -0.797. The second kappa shape index (κ2) is 2.92. The van der Waals surface area contributed by atoms with E-state index in [1.165, 1.54) is 0 Å². The normalized spacial score (nSPS) is 41.4. The van der Waals surface area contributed by atoms with Crippen molar-refractivity contribution in [1.29, 1.82) is 0 Å². The molecule has 2 atom stereocenters. The summed E-state index contributed by atoms with van der Waals surface area (Å²) in [6.07, 6.45) is -3.25. The number of hydrogen-bond donors (Lipinski definition) is 1. The van der Waals surface area contributed by atoms with Crippen LogP contribution in [0.3, 0.4) is 0 Å². The molecule has 2 unspecified atom stereocenters. The van der Waals surface area contributed by atoms with E-state index in [1.807, 2.05) is 0 Å². The van der Waals surface area contributed by atoms with Gasteiger partial charge in [-0.1, -0.05) is 27.4 Å². The van der Waals surface area contributed by atoms with Crippen molar-refractivity contribution in [3.63, 3.8) is 0 Å². The number of rotatable bonds is 0. The molecule has 1 fully saturated rings. The maximum absolute atomic E-state index is 11.9. The summed E-state index contributed by atoms with van der Waals surface area (Å²) in [6, 6.07) is 0. The highest BCUT2D eigenvalue weighted by molar-refractivity contribution is 5.82. The molecule has 2 nitrogen and oxygen atoms in total. The minimum absolute atomic E-state index is 0.252. The van der Waals surface area contributed by atoms with Crippen molar-refractivity contribution in [2.45, 2.75) is 33.5 Å². The van der Waals surface area contributed by atoms with Crippen LogP contribution in [0.15, 0.2) is 12.3 Å². The van der Waals surface area contributed by atoms with Crippen LogP contribution in [0.5, 0.6) is 0 Å². The fourth-order valence-corrected chi connectivity index (χ4v) is 1.11. The summed E-state index contributed by atoms with van der Waals surface area (Å²) in [6.45, 7) is 8.71. The molecule has 0 radical (unpaired) electrons. The van der Waals surface area contributed by atoms with Crippen LogP contribution < -0.4 is 5.31 Å². The van der Waals surface area contributed by atoms with Gasteiger partial charge in [-0.2, -0.15) is 0 Å². The molecule has 1 rings (SSSR count). The molecule has 0 aromatic heterocycles. The van der Waals surface area contributed by atoms with Gasteiger partial charge in [0.05, 0.1) is 0 Å². The lowest BCUT2D eigenvalue weighted by Gasteiger charge is -2.33. The van der Waals surface area contributed by atoms with Crippen LogP contribution in [0.1, 0.15) is 37.7 Å². The first-order chi connectivity index (χ1) is 7.01. The molecule has 0 spiro atoms. The van der Waals surface area contributed by atoms with E-state index in [2.05, 4.69) is 6.58 Å². The topological polar surface area (TPSA) is 29.1 Å². The maximum Gasteiger partial charge on any atom is 0.227 e. The second-order valence-electron chi connectivity index (χ2n) is 4.05. The summed E-state index contributed by atoms with van der Waals surface area (Å²) >= 11 is 0. The van der Waals surface area contributed by atoms with Crippen LogP contribution >= 0.6 is 0 Å². The van der Waals surface area contributed by atoms with Crippen LogP contribution in [0.4, 0.5) is 0 Å². The number of carbonyl (C=O) groups excluding carboxylic acids is 1. The van der Waals surface area contributed by atoms with Gasteiger partial charge in [0.1, 0.15) is 0 Å². The van der Waals surface area contributed by atoms with Gasteiger partial charge in [-0.15, -0.1) is 0 Å². The van der Waals surface area contributed by atoms with Crippen molar-refractivity contribution in [2.75, 3.05) is 0 Å². The van der Waals surface area contributed by atoms with E-state index in [1.54, 1.807) is 20.8 Å². The van der Waals surface area contributed by atoms with Crippen LogP contribution in [0.25, 0.3) is 0 Å². The minimum Gasteiger partial charge on any atom is -0.330 e. The molecule has 0 aromatic rings. The number of allylic oxidation sites excluding steroid dienone is 1. The van der Waals surface area contributed by atoms with Crippen LogP contribution in [-0.4, -0.2) is 5.91 Å². The monoisotopic (exact) mass is 171 g/mol. The first-order valence-electron chi connectivity index (χ1n) is 5.98. The molecule has 0 saturated carbocycles. The van der Waals surface area contributed by atoms with Gasteiger partial charge < -0.3 is 5.31 Å². The predicted molar refractivity (Wildman–Crippen MR) is 49.5 cm³/mol. The van der Waals surface area contributed by atoms with Crippen LogP contribution in [0.2, 0.25) is 1.41 Å². The van der Waals surface area contributed by atoms with Gasteiger partial charge in [0.25, 0.3) is 0 Å². The summed E-state index contributed by atoms with van der Waals surface area (Å²) in [5, 5.41) is 0.501. The average Bonchev–Trinajstić information content (AvgIpc) is 2.11. The number of nitrogens with one attached hydrogen (secondary N) is 1. The van der Waals surface area contributed by atoms with Crippen LogP contribution in [-0.2, 0) is 4.79 Å². The highest BCUT2D eigenvalue weighted by Crippen LogP contribution is 2.33. The number of amides is 1. The molecule has 1 aliphatic rings. The van der Waals surface area contributed by atoms with Gasteiger partial charge in [-0.05, 0) is 18.2 Å². The zero-order valence-electron chi connectivity index (χ0n) is 11.7. The fraction of sp³-hybridized carbons (Fsp3) is 0.700. The van der Waals surface area contributed by atoms with E-state index in [9.17, 15) is 4.79 Å². The Hall–Kier alpha value is -0.790. The molecule has 1 heterocycles. The quantitative estimate of drug-likeness (QED) is 0.594. The molecule has 0 aromatic carbocycles. The van der Waals surface area contributed by atoms with Crippen molar-refractivity contribution in [1.82, 2.24) is 5.31 Å². The molecule has 1 N–H and O–H groups in total. The molecule has 2 heteroatoms. The molecule has 0 aliphatic carbocycles. The molecule has 1 saturated heterocycles. The third-order valence-corrected chi connectivity index (χ3v) is 1.86. The Morgan fingerprint density at radius 1 is 1.75 bits per heavy atom.